The predicted molar refractivity (Wildman–Crippen MR) is 130 cm³/mol. The monoisotopic (exact) mass is 455 g/mol. The summed E-state index contributed by atoms with van der Waals surface area (Å²) in [4.78, 5) is 31.8. The molecule has 1 N–H and O–H groups in total. The van der Waals surface area contributed by atoms with E-state index in [-0.39, 0.29) is 29.7 Å². The van der Waals surface area contributed by atoms with Gasteiger partial charge in [-0.15, -0.1) is 0 Å². The van der Waals surface area contributed by atoms with Crippen molar-refractivity contribution in [3.8, 4) is 11.3 Å². The van der Waals surface area contributed by atoms with Crippen LogP contribution in [0.5, 0.6) is 0 Å². The van der Waals surface area contributed by atoms with Crippen LogP contribution in [0.25, 0.3) is 22.1 Å². The number of benzene rings is 3. The van der Waals surface area contributed by atoms with Gasteiger partial charge in [0.2, 0.25) is 0 Å². The van der Waals surface area contributed by atoms with E-state index < -0.39 is 0 Å². The van der Waals surface area contributed by atoms with E-state index in [1.807, 2.05) is 56.3 Å². The fourth-order valence-corrected chi connectivity index (χ4v) is 4.36. The minimum atomic E-state index is -0.383. The zero-order valence-corrected chi connectivity index (χ0v) is 19.0. The number of carbonyl (C=O) groups is 2. The van der Waals surface area contributed by atoms with E-state index in [1.165, 1.54) is 6.39 Å². The number of rotatable bonds is 4. The van der Waals surface area contributed by atoms with E-state index in [0.717, 1.165) is 16.3 Å². The molecule has 1 fully saturated rings. The molecule has 1 saturated heterocycles. The molecule has 0 bridgehead atoms. The van der Waals surface area contributed by atoms with Gasteiger partial charge in [-0.05, 0) is 55.0 Å². The molecule has 0 radical (unpaired) electrons. The molecule has 2 amide bonds. The third kappa shape index (κ3) is 4.43. The number of fused-ring (bicyclic) bond motifs is 1. The summed E-state index contributed by atoms with van der Waals surface area (Å²) in [5.41, 5.74) is 2.11. The Morgan fingerprint density at radius 2 is 1.65 bits per heavy atom. The maximum absolute atomic E-state index is 12.9. The van der Waals surface area contributed by atoms with Crippen LogP contribution in [-0.2, 0) is 4.74 Å². The largest absolute Gasteiger partial charge is 0.443 e. The Hall–Kier alpha value is -3.97. The number of oxazole rings is 1. The highest BCUT2D eigenvalue weighted by molar-refractivity contribution is 6.07. The predicted octanol–water partition coefficient (Wildman–Crippen LogP) is 5.00. The Morgan fingerprint density at radius 3 is 2.38 bits per heavy atom. The Balaban J connectivity index is 1.31. The molecule has 2 atom stereocenters. The molecule has 0 unspecified atom stereocenters. The number of hydrogen-bond acceptors (Lipinski definition) is 5. The first-order chi connectivity index (χ1) is 16.5. The first-order valence-corrected chi connectivity index (χ1v) is 11.3. The maximum atomic E-state index is 12.9. The zero-order valence-electron chi connectivity index (χ0n) is 19.0. The molecule has 3 aromatic carbocycles. The van der Waals surface area contributed by atoms with Crippen molar-refractivity contribution in [1.29, 1.82) is 0 Å². The van der Waals surface area contributed by atoms with Crippen molar-refractivity contribution < 1.29 is 18.7 Å². The third-order valence-electron chi connectivity index (χ3n) is 5.89. The first kappa shape index (κ1) is 21.9. The maximum Gasteiger partial charge on any atom is 0.278 e. The van der Waals surface area contributed by atoms with Crippen LogP contribution in [0.1, 0.15) is 34.7 Å². The smallest absolute Gasteiger partial charge is 0.278 e. The van der Waals surface area contributed by atoms with Crippen molar-refractivity contribution >= 4 is 28.3 Å². The van der Waals surface area contributed by atoms with Crippen LogP contribution in [0, 0.1) is 0 Å². The molecule has 34 heavy (non-hydrogen) atoms. The van der Waals surface area contributed by atoms with Gasteiger partial charge in [0, 0.05) is 29.9 Å². The van der Waals surface area contributed by atoms with E-state index in [2.05, 4.69) is 10.3 Å². The van der Waals surface area contributed by atoms with Gasteiger partial charge in [-0.3, -0.25) is 9.59 Å². The molecule has 1 aromatic heterocycles. The first-order valence-electron chi connectivity index (χ1n) is 11.3. The number of aromatic nitrogens is 1. The fraction of sp³-hybridized carbons (Fsp3) is 0.222. The summed E-state index contributed by atoms with van der Waals surface area (Å²) in [6.45, 7) is 5.05. The highest BCUT2D eigenvalue weighted by Crippen LogP contribution is 2.27. The molecule has 0 saturated carbocycles. The highest BCUT2D eigenvalue weighted by Gasteiger charge is 2.26. The molecule has 7 nitrogen and oxygen atoms in total. The van der Waals surface area contributed by atoms with Crippen LogP contribution in [0.3, 0.4) is 0 Å². The number of hydrogen-bond donors (Lipinski definition) is 1. The van der Waals surface area contributed by atoms with E-state index in [9.17, 15) is 9.59 Å². The Morgan fingerprint density at radius 1 is 0.941 bits per heavy atom. The van der Waals surface area contributed by atoms with E-state index >= 15 is 0 Å². The van der Waals surface area contributed by atoms with Crippen LogP contribution >= 0.6 is 0 Å². The molecule has 1 aliphatic rings. The molecule has 172 valence electrons. The summed E-state index contributed by atoms with van der Waals surface area (Å²) < 4.78 is 11.3. The quantitative estimate of drug-likeness (QED) is 0.468. The lowest BCUT2D eigenvalue weighted by molar-refractivity contribution is -0.0586. The second-order valence-corrected chi connectivity index (χ2v) is 8.59. The Kier molecular flexibility index (Phi) is 5.86. The lowest BCUT2D eigenvalue weighted by Gasteiger charge is -2.35. The van der Waals surface area contributed by atoms with Crippen LogP contribution in [0.4, 0.5) is 5.69 Å². The van der Waals surface area contributed by atoms with Gasteiger partial charge in [-0.25, -0.2) is 4.98 Å². The van der Waals surface area contributed by atoms with Crippen molar-refractivity contribution in [2.24, 2.45) is 0 Å². The van der Waals surface area contributed by atoms with Crippen LogP contribution in [0.15, 0.2) is 77.5 Å². The summed E-state index contributed by atoms with van der Waals surface area (Å²) in [6, 6.07) is 20.7. The van der Waals surface area contributed by atoms with E-state index in [1.54, 1.807) is 29.2 Å². The van der Waals surface area contributed by atoms with Crippen molar-refractivity contribution in [1.82, 2.24) is 9.88 Å². The zero-order chi connectivity index (χ0) is 23.7. The molecule has 4 aromatic rings. The number of anilines is 1. The molecule has 5 rings (SSSR count). The van der Waals surface area contributed by atoms with Crippen LogP contribution < -0.4 is 5.32 Å². The Bertz CT molecular complexity index is 1340. The van der Waals surface area contributed by atoms with Crippen LogP contribution in [-0.4, -0.2) is 47.0 Å². The van der Waals surface area contributed by atoms with Gasteiger partial charge in [0.15, 0.2) is 17.8 Å². The summed E-state index contributed by atoms with van der Waals surface area (Å²) in [5.74, 6) is -0.0209. The van der Waals surface area contributed by atoms with Crippen molar-refractivity contribution in [3.05, 3.63) is 84.4 Å². The van der Waals surface area contributed by atoms with Gasteiger partial charge in [0.05, 0.1) is 12.2 Å². The number of morpholine rings is 1. The molecule has 1 aliphatic heterocycles. The summed E-state index contributed by atoms with van der Waals surface area (Å²) >= 11 is 0. The topological polar surface area (TPSA) is 84.7 Å². The van der Waals surface area contributed by atoms with Crippen LogP contribution in [0.2, 0.25) is 0 Å². The molecule has 0 aliphatic carbocycles. The number of ether oxygens (including phenoxy) is 1. The summed E-state index contributed by atoms with van der Waals surface area (Å²) in [6.07, 6.45) is 1.28. The average Bonchev–Trinajstić information content (AvgIpc) is 3.33. The second kappa shape index (κ2) is 9.11. The standard InChI is InChI=1S/C27H25N3O4/c1-17-14-30(15-18(2)34-17)27(32)20-9-11-23(12-10-20)29-26(31)24-25(33-16-28-24)22-8-7-19-5-3-4-6-21(19)13-22/h3-13,16-18H,14-15H2,1-2H3,(H,29,31)/t17-,18-/m1/s1. The fourth-order valence-electron chi connectivity index (χ4n) is 4.36. The minimum absolute atomic E-state index is 0.00511. The van der Waals surface area contributed by atoms with Crippen molar-refractivity contribution in [2.75, 3.05) is 18.4 Å². The normalized spacial score (nSPS) is 18.1. The summed E-state index contributed by atoms with van der Waals surface area (Å²) in [5, 5.41) is 5.00. The minimum Gasteiger partial charge on any atom is -0.443 e. The van der Waals surface area contributed by atoms with Crippen molar-refractivity contribution in [3.63, 3.8) is 0 Å². The average molecular weight is 456 g/mol. The highest BCUT2D eigenvalue weighted by atomic mass is 16.5. The van der Waals surface area contributed by atoms with Gasteiger partial charge in [-0.2, -0.15) is 0 Å². The van der Waals surface area contributed by atoms with Gasteiger partial charge in [-0.1, -0.05) is 36.4 Å². The van der Waals surface area contributed by atoms with E-state index in [4.69, 9.17) is 9.15 Å². The number of nitrogens with zero attached hydrogens (tertiary/aromatic N) is 2. The molecule has 7 heteroatoms. The second-order valence-electron chi connectivity index (χ2n) is 8.59. The molecular formula is C27H25N3O4. The number of amides is 2. The van der Waals surface area contributed by atoms with Gasteiger partial charge < -0.3 is 19.4 Å². The summed E-state index contributed by atoms with van der Waals surface area (Å²) in [7, 11) is 0. The SMILES string of the molecule is C[C@@H]1CN(C(=O)c2ccc(NC(=O)c3ncoc3-c3ccc4ccccc4c3)cc2)C[C@@H](C)O1. The number of nitrogens with one attached hydrogen (secondary N) is 1. The molecular weight excluding hydrogens is 430 g/mol. The van der Waals surface area contributed by atoms with Gasteiger partial charge >= 0.3 is 0 Å². The van der Waals surface area contributed by atoms with Gasteiger partial charge in [0.25, 0.3) is 11.8 Å². The van der Waals surface area contributed by atoms with Crippen molar-refractivity contribution in [2.45, 2.75) is 26.1 Å². The lowest BCUT2D eigenvalue weighted by atomic mass is 10.0. The molecule has 2 heterocycles. The lowest BCUT2D eigenvalue weighted by Crippen LogP contribution is -2.48. The third-order valence-corrected chi connectivity index (χ3v) is 5.89. The number of carbonyl (C=O) groups excluding carboxylic acids is 2. The van der Waals surface area contributed by atoms with Gasteiger partial charge in [0.1, 0.15) is 0 Å². The Labute approximate surface area is 197 Å². The van der Waals surface area contributed by atoms with E-state index in [0.29, 0.717) is 30.1 Å². The molecule has 0 spiro atoms.